The first kappa shape index (κ1) is 16.2. The van der Waals surface area contributed by atoms with Crippen molar-refractivity contribution in [2.45, 2.75) is 6.42 Å². The van der Waals surface area contributed by atoms with Gasteiger partial charge < -0.3 is 4.74 Å². The third-order valence-electron chi connectivity index (χ3n) is 3.67. The molecule has 0 N–H and O–H groups in total. The second kappa shape index (κ2) is 6.45. The number of carbonyl (C=O) groups is 2. The van der Waals surface area contributed by atoms with E-state index < -0.39 is 11.7 Å². The van der Waals surface area contributed by atoms with Gasteiger partial charge in [-0.15, -0.1) is 0 Å². The van der Waals surface area contributed by atoms with Crippen LogP contribution in [-0.4, -0.2) is 18.9 Å². The van der Waals surface area contributed by atoms with E-state index in [1.807, 2.05) is 0 Å². The lowest BCUT2D eigenvalue weighted by Crippen LogP contribution is -2.28. The van der Waals surface area contributed by atoms with E-state index in [0.29, 0.717) is 16.5 Å². The average Bonchev–Trinajstić information content (AvgIpc) is 2.83. The molecular formula is C18H13ClFNO3. The first-order valence-corrected chi connectivity index (χ1v) is 7.54. The number of hydrogen-bond acceptors (Lipinski definition) is 3. The summed E-state index contributed by atoms with van der Waals surface area (Å²) >= 11 is 5.91. The minimum atomic E-state index is -0.525. The number of anilines is 1. The van der Waals surface area contributed by atoms with Crippen molar-refractivity contribution in [2.75, 3.05) is 12.0 Å². The SMILES string of the molecule is COc1ccc(/C=C2\CC(=O)N(c3cccc(Cl)c3)C2=O)c(F)c1. The van der Waals surface area contributed by atoms with Crippen LogP contribution in [0.2, 0.25) is 5.02 Å². The van der Waals surface area contributed by atoms with Gasteiger partial charge in [-0.1, -0.05) is 17.7 Å². The van der Waals surface area contributed by atoms with Crippen LogP contribution in [0.5, 0.6) is 5.75 Å². The van der Waals surface area contributed by atoms with Crippen LogP contribution in [0.15, 0.2) is 48.0 Å². The molecule has 6 heteroatoms. The maximum Gasteiger partial charge on any atom is 0.261 e. The molecule has 3 rings (SSSR count). The van der Waals surface area contributed by atoms with Gasteiger partial charge in [-0.3, -0.25) is 9.59 Å². The Morgan fingerprint density at radius 2 is 2.00 bits per heavy atom. The van der Waals surface area contributed by atoms with Crippen LogP contribution in [0.25, 0.3) is 6.08 Å². The molecule has 2 amide bonds. The number of ether oxygens (including phenoxy) is 1. The van der Waals surface area contributed by atoms with Crippen molar-refractivity contribution in [1.82, 2.24) is 0 Å². The van der Waals surface area contributed by atoms with Crippen molar-refractivity contribution in [2.24, 2.45) is 0 Å². The number of amides is 2. The zero-order chi connectivity index (χ0) is 17.3. The highest BCUT2D eigenvalue weighted by molar-refractivity contribution is 6.32. The van der Waals surface area contributed by atoms with Gasteiger partial charge >= 0.3 is 0 Å². The second-order valence-corrected chi connectivity index (χ2v) is 5.68. The summed E-state index contributed by atoms with van der Waals surface area (Å²) in [6, 6.07) is 10.8. The Hall–Kier alpha value is -2.66. The minimum absolute atomic E-state index is 0.0865. The van der Waals surface area contributed by atoms with E-state index in [-0.39, 0.29) is 23.5 Å². The molecule has 0 bridgehead atoms. The van der Waals surface area contributed by atoms with E-state index in [1.165, 1.54) is 31.4 Å². The second-order valence-electron chi connectivity index (χ2n) is 5.25. The first-order valence-electron chi connectivity index (χ1n) is 7.16. The Kier molecular flexibility index (Phi) is 4.36. The lowest BCUT2D eigenvalue weighted by molar-refractivity contribution is -0.120. The Morgan fingerprint density at radius 3 is 2.67 bits per heavy atom. The highest BCUT2D eigenvalue weighted by atomic mass is 35.5. The van der Waals surface area contributed by atoms with Crippen LogP contribution >= 0.6 is 11.6 Å². The largest absolute Gasteiger partial charge is 0.497 e. The maximum atomic E-state index is 14.0. The Morgan fingerprint density at radius 1 is 1.21 bits per heavy atom. The third kappa shape index (κ3) is 3.03. The molecule has 0 unspecified atom stereocenters. The molecule has 2 aromatic rings. The molecule has 0 radical (unpaired) electrons. The van der Waals surface area contributed by atoms with E-state index in [4.69, 9.17) is 16.3 Å². The minimum Gasteiger partial charge on any atom is -0.497 e. The zero-order valence-corrected chi connectivity index (χ0v) is 13.5. The van der Waals surface area contributed by atoms with Crippen molar-refractivity contribution in [3.63, 3.8) is 0 Å². The molecule has 1 aliphatic rings. The van der Waals surface area contributed by atoms with Gasteiger partial charge in [0.15, 0.2) is 0 Å². The third-order valence-corrected chi connectivity index (χ3v) is 3.91. The number of nitrogens with zero attached hydrogens (tertiary/aromatic N) is 1. The molecular weight excluding hydrogens is 333 g/mol. The summed E-state index contributed by atoms with van der Waals surface area (Å²) in [5, 5.41) is 0.423. The van der Waals surface area contributed by atoms with E-state index in [1.54, 1.807) is 24.3 Å². The predicted octanol–water partition coefficient (Wildman–Crippen LogP) is 3.83. The molecule has 122 valence electrons. The summed E-state index contributed by atoms with van der Waals surface area (Å²) in [7, 11) is 1.44. The number of rotatable bonds is 3. The molecule has 1 aliphatic heterocycles. The van der Waals surface area contributed by atoms with Crippen LogP contribution in [0.1, 0.15) is 12.0 Å². The number of imide groups is 1. The molecule has 0 aromatic heterocycles. The van der Waals surface area contributed by atoms with Gasteiger partial charge in [-0.05, 0) is 36.4 Å². The number of halogens is 2. The molecule has 0 atom stereocenters. The topological polar surface area (TPSA) is 46.6 Å². The number of carbonyl (C=O) groups excluding carboxylic acids is 2. The van der Waals surface area contributed by atoms with Crippen LogP contribution in [0, 0.1) is 5.82 Å². The molecule has 2 aromatic carbocycles. The van der Waals surface area contributed by atoms with Crippen molar-refractivity contribution in [3.05, 3.63) is 64.4 Å². The molecule has 0 aliphatic carbocycles. The van der Waals surface area contributed by atoms with Gasteiger partial charge in [-0.25, -0.2) is 9.29 Å². The Balaban J connectivity index is 1.94. The predicted molar refractivity (Wildman–Crippen MR) is 89.5 cm³/mol. The fourth-order valence-corrected chi connectivity index (χ4v) is 2.69. The molecule has 4 nitrogen and oxygen atoms in total. The Labute approximate surface area is 143 Å². The van der Waals surface area contributed by atoms with Gasteiger partial charge in [-0.2, -0.15) is 0 Å². The lowest BCUT2D eigenvalue weighted by Gasteiger charge is -2.13. The van der Waals surface area contributed by atoms with Gasteiger partial charge in [0.1, 0.15) is 11.6 Å². The zero-order valence-electron chi connectivity index (χ0n) is 12.8. The normalized spacial score (nSPS) is 16.1. The summed E-state index contributed by atoms with van der Waals surface area (Å²) in [6.07, 6.45) is 1.30. The quantitative estimate of drug-likeness (QED) is 0.627. The van der Waals surface area contributed by atoms with Gasteiger partial charge in [0.2, 0.25) is 5.91 Å². The van der Waals surface area contributed by atoms with E-state index in [0.717, 1.165) is 4.90 Å². The Bertz CT molecular complexity index is 863. The molecule has 0 saturated carbocycles. The number of benzene rings is 2. The van der Waals surface area contributed by atoms with Gasteiger partial charge in [0.05, 0.1) is 19.2 Å². The van der Waals surface area contributed by atoms with Crippen molar-refractivity contribution < 1.29 is 18.7 Å². The fraction of sp³-hybridized carbons (Fsp3) is 0.111. The summed E-state index contributed by atoms with van der Waals surface area (Å²) in [6.45, 7) is 0. The summed E-state index contributed by atoms with van der Waals surface area (Å²) in [4.78, 5) is 25.8. The van der Waals surface area contributed by atoms with Gasteiger partial charge in [0, 0.05) is 22.2 Å². The monoisotopic (exact) mass is 345 g/mol. The van der Waals surface area contributed by atoms with Crippen LogP contribution < -0.4 is 9.64 Å². The molecule has 0 spiro atoms. The highest BCUT2D eigenvalue weighted by Crippen LogP contribution is 2.29. The van der Waals surface area contributed by atoms with Crippen molar-refractivity contribution in [1.29, 1.82) is 0 Å². The van der Waals surface area contributed by atoms with Crippen molar-refractivity contribution in [3.8, 4) is 5.75 Å². The van der Waals surface area contributed by atoms with Crippen LogP contribution in [0.3, 0.4) is 0 Å². The first-order chi connectivity index (χ1) is 11.5. The molecule has 1 heterocycles. The molecule has 1 fully saturated rings. The standard InChI is InChI=1S/C18H13ClFNO3/c1-24-15-6-5-11(16(20)10-15)7-12-8-17(22)21(18(12)23)14-4-2-3-13(19)9-14/h2-7,9-10H,8H2,1H3/b12-7+. The van der Waals surface area contributed by atoms with E-state index in [2.05, 4.69) is 0 Å². The fourth-order valence-electron chi connectivity index (χ4n) is 2.50. The van der Waals surface area contributed by atoms with E-state index >= 15 is 0 Å². The van der Waals surface area contributed by atoms with Crippen LogP contribution in [-0.2, 0) is 9.59 Å². The lowest BCUT2D eigenvalue weighted by atomic mass is 10.1. The summed E-state index contributed by atoms with van der Waals surface area (Å²) in [5.74, 6) is -0.993. The van der Waals surface area contributed by atoms with Crippen molar-refractivity contribution >= 4 is 35.2 Å². The van der Waals surface area contributed by atoms with Crippen LogP contribution in [0.4, 0.5) is 10.1 Å². The summed E-state index contributed by atoms with van der Waals surface area (Å²) in [5.41, 5.74) is 0.847. The maximum absolute atomic E-state index is 14.0. The van der Waals surface area contributed by atoms with Gasteiger partial charge in [0.25, 0.3) is 5.91 Å². The van der Waals surface area contributed by atoms with E-state index in [9.17, 15) is 14.0 Å². The smallest absolute Gasteiger partial charge is 0.261 e. The number of hydrogen-bond donors (Lipinski definition) is 0. The average molecular weight is 346 g/mol. The summed E-state index contributed by atoms with van der Waals surface area (Å²) < 4.78 is 19.0. The molecule has 1 saturated heterocycles. The molecule has 24 heavy (non-hydrogen) atoms. The number of methoxy groups -OCH3 is 1. The highest BCUT2D eigenvalue weighted by Gasteiger charge is 2.35.